The summed E-state index contributed by atoms with van der Waals surface area (Å²) in [6, 6.07) is 0.415. The molecule has 0 saturated carbocycles. The SMILES string of the molecule is CN(C)C1CN(c2ncc(C(F)(F)F)s2)C1. The van der Waals surface area contributed by atoms with Gasteiger partial charge in [0.1, 0.15) is 4.88 Å². The molecule has 2 heterocycles. The molecule has 1 aliphatic heterocycles. The van der Waals surface area contributed by atoms with Crippen molar-refractivity contribution in [1.29, 1.82) is 0 Å². The molecule has 0 N–H and O–H groups in total. The Morgan fingerprint density at radius 1 is 1.44 bits per heavy atom. The van der Waals surface area contributed by atoms with Gasteiger partial charge in [0.05, 0.1) is 6.20 Å². The Kier molecular flexibility index (Phi) is 2.83. The van der Waals surface area contributed by atoms with E-state index in [0.717, 1.165) is 19.3 Å². The molecule has 1 aromatic rings. The summed E-state index contributed by atoms with van der Waals surface area (Å²) in [5.41, 5.74) is 0. The molecule has 1 saturated heterocycles. The van der Waals surface area contributed by atoms with Crippen LogP contribution in [0.15, 0.2) is 6.20 Å². The van der Waals surface area contributed by atoms with Gasteiger partial charge in [0, 0.05) is 19.1 Å². The molecule has 90 valence electrons. The lowest BCUT2D eigenvalue weighted by Crippen LogP contribution is -2.57. The summed E-state index contributed by atoms with van der Waals surface area (Å²) in [6.45, 7) is 1.50. The lowest BCUT2D eigenvalue weighted by molar-refractivity contribution is -0.134. The van der Waals surface area contributed by atoms with Crippen LogP contribution >= 0.6 is 11.3 Å². The summed E-state index contributed by atoms with van der Waals surface area (Å²) in [5, 5.41) is 0.463. The fraction of sp³-hybridized carbons (Fsp3) is 0.667. The van der Waals surface area contributed by atoms with Crippen LogP contribution in [-0.2, 0) is 6.18 Å². The van der Waals surface area contributed by atoms with Gasteiger partial charge in [-0.1, -0.05) is 11.3 Å². The number of anilines is 1. The van der Waals surface area contributed by atoms with Crippen LogP contribution in [0.2, 0.25) is 0 Å². The molecule has 0 atom stereocenters. The predicted molar refractivity (Wildman–Crippen MR) is 56.8 cm³/mol. The minimum Gasteiger partial charge on any atom is -0.345 e. The Morgan fingerprint density at radius 2 is 2.06 bits per heavy atom. The zero-order chi connectivity index (χ0) is 11.9. The molecule has 1 fully saturated rings. The van der Waals surface area contributed by atoms with E-state index in [4.69, 9.17) is 0 Å². The molecule has 1 aromatic heterocycles. The first-order valence-electron chi connectivity index (χ1n) is 4.82. The summed E-state index contributed by atoms with van der Waals surface area (Å²) in [4.78, 5) is 7.11. The molecular weight excluding hydrogens is 239 g/mol. The summed E-state index contributed by atoms with van der Waals surface area (Å²) in [5.74, 6) is 0. The molecule has 0 aliphatic carbocycles. The van der Waals surface area contributed by atoms with E-state index in [1.807, 2.05) is 19.0 Å². The second kappa shape index (κ2) is 3.89. The van der Waals surface area contributed by atoms with Crippen LogP contribution in [0.1, 0.15) is 4.88 Å². The molecule has 2 rings (SSSR count). The van der Waals surface area contributed by atoms with Gasteiger partial charge in [0.2, 0.25) is 0 Å². The van der Waals surface area contributed by atoms with Crippen LogP contribution in [0.5, 0.6) is 0 Å². The summed E-state index contributed by atoms with van der Waals surface area (Å²) in [7, 11) is 3.93. The number of alkyl halides is 3. The van der Waals surface area contributed by atoms with Gasteiger partial charge in [-0.05, 0) is 14.1 Å². The van der Waals surface area contributed by atoms with E-state index in [-0.39, 0.29) is 0 Å². The van der Waals surface area contributed by atoms with Gasteiger partial charge >= 0.3 is 6.18 Å². The first kappa shape index (κ1) is 11.7. The van der Waals surface area contributed by atoms with Gasteiger partial charge in [0.15, 0.2) is 5.13 Å². The van der Waals surface area contributed by atoms with Gasteiger partial charge in [-0.3, -0.25) is 0 Å². The van der Waals surface area contributed by atoms with E-state index in [1.165, 1.54) is 0 Å². The summed E-state index contributed by atoms with van der Waals surface area (Å²) < 4.78 is 37.0. The van der Waals surface area contributed by atoms with Gasteiger partial charge in [-0.15, -0.1) is 0 Å². The van der Waals surface area contributed by atoms with Crippen molar-refractivity contribution in [1.82, 2.24) is 9.88 Å². The maximum atomic E-state index is 12.3. The maximum absolute atomic E-state index is 12.3. The third-order valence-corrected chi connectivity index (χ3v) is 3.74. The molecule has 16 heavy (non-hydrogen) atoms. The van der Waals surface area contributed by atoms with Crippen molar-refractivity contribution in [2.24, 2.45) is 0 Å². The van der Waals surface area contributed by atoms with E-state index in [0.29, 0.717) is 22.5 Å². The van der Waals surface area contributed by atoms with Gasteiger partial charge in [-0.2, -0.15) is 13.2 Å². The molecule has 1 aliphatic rings. The monoisotopic (exact) mass is 251 g/mol. The van der Waals surface area contributed by atoms with Crippen molar-refractivity contribution in [3.8, 4) is 0 Å². The third-order valence-electron chi connectivity index (χ3n) is 2.64. The molecule has 0 radical (unpaired) electrons. The fourth-order valence-corrected chi connectivity index (χ4v) is 2.28. The van der Waals surface area contributed by atoms with Crippen molar-refractivity contribution < 1.29 is 13.2 Å². The average molecular weight is 251 g/mol. The van der Waals surface area contributed by atoms with Crippen LogP contribution in [0.4, 0.5) is 18.3 Å². The fourth-order valence-electron chi connectivity index (χ4n) is 1.48. The topological polar surface area (TPSA) is 19.4 Å². The minimum atomic E-state index is -4.28. The molecular formula is C9H12F3N3S. The number of likely N-dealkylation sites (N-methyl/N-ethyl adjacent to an activating group) is 1. The van der Waals surface area contributed by atoms with Crippen LogP contribution < -0.4 is 4.90 Å². The second-order valence-electron chi connectivity index (χ2n) is 4.03. The molecule has 0 bridgehead atoms. The van der Waals surface area contributed by atoms with E-state index in [9.17, 15) is 13.2 Å². The molecule has 0 amide bonds. The van der Waals surface area contributed by atoms with Crippen LogP contribution in [0, 0.1) is 0 Å². The second-order valence-corrected chi connectivity index (χ2v) is 5.04. The number of hydrogen-bond acceptors (Lipinski definition) is 4. The smallest absolute Gasteiger partial charge is 0.345 e. The molecule has 7 heteroatoms. The normalized spacial score (nSPS) is 18.0. The van der Waals surface area contributed by atoms with Crippen molar-refractivity contribution in [2.45, 2.75) is 12.2 Å². The van der Waals surface area contributed by atoms with Crippen LogP contribution in [0.3, 0.4) is 0 Å². The van der Waals surface area contributed by atoms with Gasteiger partial charge in [-0.25, -0.2) is 4.98 Å². The number of hydrogen-bond donors (Lipinski definition) is 0. The van der Waals surface area contributed by atoms with E-state index in [2.05, 4.69) is 9.88 Å². The number of aromatic nitrogens is 1. The van der Waals surface area contributed by atoms with Crippen LogP contribution in [0.25, 0.3) is 0 Å². The summed E-state index contributed by atoms with van der Waals surface area (Å²) in [6.07, 6.45) is -3.37. The number of thiazole rings is 1. The van der Waals surface area contributed by atoms with E-state index in [1.54, 1.807) is 0 Å². The largest absolute Gasteiger partial charge is 0.427 e. The van der Waals surface area contributed by atoms with E-state index >= 15 is 0 Å². The number of rotatable bonds is 2. The van der Waals surface area contributed by atoms with Gasteiger partial charge in [0.25, 0.3) is 0 Å². The van der Waals surface area contributed by atoms with Gasteiger partial charge < -0.3 is 9.80 Å². The molecule has 0 aromatic carbocycles. The average Bonchev–Trinajstić information content (AvgIpc) is 2.47. The number of halogens is 3. The highest BCUT2D eigenvalue weighted by atomic mass is 32.1. The highest BCUT2D eigenvalue weighted by Gasteiger charge is 2.36. The maximum Gasteiger partial charge on any atom is 0.427 e. The summed E-state index contributed by atoms with van der Waals surface area (Å²) >= 11 is 0.709. The Hall–Kier alpha value is -0.820. The standard InChI is InChI=1S/C9H12F3N3S/c1-14(2)6-4-15(5-6)8-13-3-7(16-8)9(10,11)12/h3,6H,4-5H2,1-2H3. The van der Waals surface area contributed by atoms with Crippen LogP contribution in [-0.4, -0.2) is 43.1 Å². The lowest BCUT2D eigenvalue weighted by atomic mass is 10.1. The lowest BCUT2D eigenvalue weighted by Gasteiger charge is -2.42. The Bertz CT molecular complexity index is 368. The Morgan fingerprint density at radius 3 is 2.50 bits per heavy atom. The van der Waals surface area contributed by atoms with Crippen molar-refractivity contribution in [2.75, 3.05) is 32.1 Å². The molecule has 0 spiro atoms. The zero-order valence-corrected chi connectivity index (χ0v) is 9.77. The zero-order valence-electron chi connectivity index (χ0n) is 8.95. The third kappa shape index (κ3) is 2.15. The van der Waals surface area contributed by atoms with Crippen molar-refractivity contribution in [3.63, 3.8) is 0 Å². The van der Waals surface area contributed by atoms with E-state index < -0.39 is 11.1 Å². The Balaban J connectivity index is 2.00. The quantitative estimate of drug-likeness (QED) is 0.800. The highest BCUT2D eigenvalue weighted by Crippen LogP contribution is 2.37. The highest BCUT2D eigenvalue weighted by molar-refractivity contribution is 7.15. The first-order chi connectivity index (χ1) is 7.38. The molecule has 3 nitrogen and oxygen atoms in total. The Labute approximate surface area is 95.5 Å². The number of nitrogens with zero attached hydrogens (tertiary/aromatic N) is 3. The van der Waals surface area contributed by atoms with Crippen molar-refractivity contribution in [3.05, 3.63) is 11.1 Å². The molecule has 0 unspecified atom stereocenters. The first-order valence-corrected chi connectivity index (χ1v) is 5.64. The van der Waals surface area contributed by atoms with Crippen molar-refractivity contribution >= 4 is 16.5 Å². The predicted octanol–water partition coefficient (Wildman–Crippen LogP) is 1.91. The minimum absolute atomic E-state index is 0.415.